The van der Waals surface area contributed by atoms with Gasteiger partial charge in [-0.3, -0.25) is 4.79 Å². The molecular formula is C16H13Cl2N11O2S. The van der Waals surface area contributed by atoms with Crippen molar-refractivity contribution in [3.05, 3.63) is 51.5 Å². The lowest BCUT2D eigenvalue weighted by Crippen LogP contribution is -2.20. The SMILES string of the molecule is Cn1cnnc1SCc1c(C(=O)NN=Cc2ccc(Cl)c(Cl)c2)nnn1-c1nonc1N. The van der Waals surface area contributed by atoms with E-state index >= 15 is 0 Å². The monoisotopic (exact) mass is 493 g/mol. The highest BCUT2D eigenvalue weighted by atomic mass is 35.5. The number of nitrogen functional groups attached to an aromatic ring is 1. The number of nitrogens with zero attached hydrogens (tertiary/aromatic N) is 9. The number of nitrogens with two attached hydrogens (primary N) is 1. The van der Waals surface area contributed by atoms with Gasteiger partial charge in [-0.25, -0.2) is 10.1 Å². The van der Waals surface area contributed by atoms with Crippen molar-refractivity contribution in [2.24, 2.45) is 12.1 Å². The summed E-state index contributed by atoms with van der Waals surface area (Å²) in [5.74, 6) is -0.268. The van der Waals surface area contributed by atoms with Gasteiger partial charge in [0.25, 0.3) is 5.91 Å². The third kappa shape index (κ3) is 4.56. The number of aryl methyl sites for hydroxylation is 1. The Morgan fingerprint density at radius 2 is 2.16 bits per heavy atom. The molecule has 0 bridgehead atoms. The Morgan fingerprint density at radius 1 is 1.31 bits per heavy atom. The van der Waals surface area contributed by atoms with E-state index in [1.807, 2.05) is 0 Å². The Hall–Kier alpha value is -3.49. The van der Waals surface area contributed by atoms with Crippen molar-refractivity contribution in [1.82, 2.24) is 45.5 Å². The quantitative estimate of drug-likeness (QED) is 0.219. The molecule has 1 amide bonds. The molecule has 1 aromatic carbocycles. The number of hydrogen-bond acceptors (Lipinski definition) is 11. The number of rotatable bonds is 7. The first-order valence-corrected chi connectivity index (χ1v) is 10.5. The molecule has 0 aliphatic carbocycles. The largest absolute Gasteiger partial charge is 0.378 e. The third-order valence-corrected chi connectivity index (χ3v) is 5.79. The molecule has 3 aromatic heterocycles. The van der Waals surface area contributed by atoms with Crippen LogP contribution in [0.5, 0.6) is 0 Å². The van der Waals surface area contributed by atoms with Crippen molar-refractivity contribution in [2.45, 2.75) is 10.9 Å². The van der Waals surface area contributed by atoms with Crippen LogP contribution in [0.3, 0.4) is 0 Å². The summed E-state index contributed by atoms with van der Waals surface area (Å²) in [6.45, 7) is 0. The van der Waals surface area contributed by atoms with Crippen molar-refractivity contribution in [3.63, 3.8) is 0 Å². The summed E-state index contributed by atoms with van der Waals surface area (Å²) in [5, 5.41) is 28.4. The number of benzene rings is 1. The summed E-state index contributed by atoms with van der Waals surface area (Å²) < 4.78 is 7.63. The number of halogens is 2. The molecule has 0 aliphatic rings. The van der Waals surface area contributed by atoms with E-state index < -0.39 is 5.91 Å². The third-order valence-electron chi connectivity index (χ3n) is 4.01. The van der Waals surface area contributed by atoms with E-state index in [-0.39, 0.29) is 23.1 Å². The van der Waals surface area contributed by atoms with Crippen LogP contribution in [0.2, 0.25) is 10.0 Å². The van der Waals surface area contributed by atoms with Gasteiger partial charge in [-0.15, -0.1) is 15.3 Å². The van der Waals surface area contributed by atoms with Gasteiger partial charge in [0, 0.05) is 12.8 Å². The van der Waals surface area contributed by atoms with E-state index in [1.165, 1.54) is 22.7 Å². The van der Waals surface area contributed by atoms with Crippen LogP contribution in [0.15, 0.2) is 39.4 Å². The zero-order valence-electron chi connectivity index (χ0n) is 16.2. The van der Waals surface area contributed by atoms with Crippen LogP contribution in [0.25, 0.3) is 5.82 Å². The van der Waals surface area contributed by atoms with Crippen molar-refractivity contribution in [1.29, 1.82) is 0 Å². The number of hydrogen-bond donors (Lipinski definition) is 2. The van der Waals surface area contributed by atoms with Crippen LogP contribution in [0.1, 0.15) is 21.7 Å². The maximum absolute atomic E-state index is 12.8. The molecule has 0 aliphatic heterocycles. The van der Waals surface area contributed by atoms with E-state index in [9.17, 15) is 4.79 Å². The fourth-order valence-corrected chi connectivity index (χ4v) is 3.65. The minimum Gasteiger partial charge on any atom is -0.378 e. The van der Waals surface area contributed by atoms with Crippen LogP contribution in [-0.2, 0) is 12.8 Å². The summed E-state index contributed by atoms with van der Waals surface area (Å²) >= 11 is 13.2. The predicted octanol–water partition coefficient (Wildman–Crippen LogP) is 1.72. The molecule has 0 unspecified atom stereocenters. The molecular weight excluding hydrogens is 481 g/mol. The normalized spacial score (nSPS) is 11.3. The van der Waals surface area contributed by atoms with Gasteiger partial charge in [-0.1, -0.05) is 46.2 Å². The number of anilines is 1. The Labute approximate surface area is 193 Å². The van der Waals surface area contributed by atoms with Gasteiger partial charge in [0.05, 0.1) is 22.0 Å². The first-order chi connectivity index (χ1) is 15.4. The van der Waals surface area contributed by atoms with E-state index in [0.29, 0.717) is 26.5 Å². The molecule has 16 heteroatoms. The highest BCUT2D eigenvalue weighted by Crippen LogP contribution is 2.24. The van der Waals surface area contributed by atoms with E-state index in [2.05, 4.69) is 46.0 Å². The van der Waals surface area contributed by atoms with Gasteiger partial charge in [0.15, 0.2) is 10.9 Å². The maximum atomic E-state index is 12.8. The molecule has 0 saturated heterocycles. The van der Waals surface area contributed by atoms with Gasteiger partial charge in [-0.2, -0.15) is 9.78 Å². The molecule has 0 fully saturated rings. The van der Waals surface area contributed by atoms with E-state index in [4.69, 9.17) is 28.9 Å². The van der Waals surface area contributed by atoms with Crippen molar-refractivity contribution in [2.75, 3.05) is 5.73 Å². The average molecular weight is 494 g/mol. The molecule has 3 heterocycles. The summed E-state index contributed by atoms with van der Waals surface area (Å²) in [4.78, 5) is 12.8. The molecule has 4 rings (SSSR count). The minimum absolute atomic E-state index is 0.00774. The summed E-state index contributed by atoms with van der Waals surface area (Å²) in [6, 6.07) is 4.93. The highest BCUT2D eigenvalue weighted by molar-refractivity contribution is 7.98. The molecule has 0 radical (unpaired) electrons. The molecule has 0 saturated carbocycles. The van der Waals surface area contributed by atoms with Crippen molar-refractivity contribution < 1.29 is 9.42 Å². The molecule has 3 N–H and O–H groups in total. The average Bonchev–Trinajstić information content (AvgIpc) is 3.48. The fourth-order valence-electron chi connectivity index (χ4n) is 2.46. The smallest absolute Gasteiger partial charge is 0.293 e. The standard InChI is InChI=1S/C16H13Cl2N11O2S/c1-28-7-21-24-16(28)32-6-11-12(22-27-29(11)14-13(19)25-31-26-14)15(30)23-20-5-8-2-3-9(17)10(18)4-8/h2-5,7H,6H2,1H3,(H2,19,25)(H,23,30). The van der Waals surface area contributed by atoms with Gasteiger partial charge >= 0.3 is 0 Å². The Balaban J connectivity index is 1.57. The molecule has 0 atom stereocenters. The van der Waals surface area contributed by atoms with Gasteiger partial charge in [0.2, 0.25) is 11.6 Å². The Kier molecular flexibility index (Phi) is 6.34. The van der Waals surface area contributed by atoms with Gasteiger partial charge in [-0.05, 0) is 28.0 Å². The molecule has 0 spiro atoms. The lowest BCUT2D eigenvalue weighted by atomic mass is 10.2. The summed E-state index contributed by atoms with van der Waals surface area (Å²) in [6.07, 6.45) is 2.97. The fraction of sp³-hybridized carbons (Fsp3) is 0.125. The number of hydrazone groups is 1. The number of carbonyl (C=O) groups is 1. The van der Waals surface area contributed by atoms with Crippen molar-refractivity contribution >= 4 is 52.9 Å². The number of thioether (sulfide) groups is 1. The molecule has 164 valence electrons. The Bertz CT molecular complexity index is 1300. The lowest BCUT2D eigenvalue weighted by molar-refractivity contribution is 0.0949. The topological polar surface area (TPSA) is 168 Å². The zero-order chi connectivity index (χ0) is 22.7. The van der Waals surface area contributed by atoms with Crippen LogP contribution < -0.4 is 11.2 Å². The predicted molar refractivity (Wildman–Crippen MR) is 116 cm³/mol. The van der Waals surface area contributed by atoms with Crippen LogP contribution >= 0.6 is 35.0 Å². The van der Waals surface area contributed by atoms with Gasteiger partial charge < -0.3 is 10.3 Å². The second-order valence-electron chi connectivity index (χ2n) is 6.16. The summed E-state index contributed by atoms with van der Waals surface area (Å²) in [5.41, 5.74) is 9.21. The second kappa shape index (κ2) is 9.33. The number of aromatic nitrogens is 8. The number of amides is 1. The van der Waals surface area contributed by atoms with Crippen LogP contribution in [-0.4, -0.2) is 52.2 Å². The number of carbonyl (C=O) groups excluding carboxylic acids is 1. The lowest BCUT2D eigenvalue weighted by Gasteiger charge is -2.05. The minimum atomic E-state index is -0.601. The van der Waals surface area contributed by atoms with Gasteiger partial charge in [0.1, 0.15) is 6.33 Å². The Morgan fingerprint density at radius 3 is 2.84 bits per heavy atom. The maximum Gasteiger partial charge on any atom is 0.293 e. The first kappa shape index (κ1) is 21.7. The van der Waals surface area contributed by atoms with Crippen LogP contribution in [0, 0.1) is 0 Å². The van der Waals surface area contributed by atoms with E-state index in [1.54, 1.807) is 36.1 Å². The second-order valence-corrected chi connectivity index (χ2v) is 7.91. The zero-order valence-corrected chi connectivity index (χ0v) is 18.5. The van der Waals surface area contributed by atoms with Crippen LogP contribution in [0.4, 0.5) is 5.82 Å². The number of nitrogens with one attached hydrogen (secondary N) is 1. The molecule has 4 aromatic rings. The van der Waals surface area contributed by atoms with E-state index in [0.717, 1.165) is 0 Å². The molecule has 32 heavy (non-hydrogen) atoms. The first-order valence-electron chi connectivity index (χ1n) is 8.72. The highest BCUT2D eigenvalue weighted by Gasteiger charge is 2.24. The van der Waals surface area contributed by atoms with Crippen molar-refractivity contribution in [3.8, 4) is 5.82 Å². The molecule has 13 nitrogen and oxygen atoms in total. The summed E-state index contributed by atoms with van der Waals surface area (Å²) in [7, 11) is 1.79.